The number of halogens is 1. The van der Waals surface area contributed by atoms with E-state index in [0.29, 0.717) is 33.1 Å². The van der Waals surface area contributed by atoms with E-state index in [1.165, 1.54) is 35.6 Å². The number of anilines is 2. The Balaban J connectivity index is 1.38. The molecule has 0 radical (unpaired) electrons. The van der Waals surface area contributed by atoms with Crippen LogP contribution in [0.1, 0.15) is 27.6 Å². The van der Waals surface area contributed by atoms with Gasteiger partial charge in [0.15, 0.2) is 6.61 Å². The van der Waals surface area contributed by atoms with E-state index in [-0.39, 0.29) is 19.1 Å². The average molecular weight is 519 g/mol. The van der Waals surface area contributed by atoms with Gasteiger partial charge in [0.05, 0.1) is 6.61 Å². The van der Waals surface area contributed by atoms with Crippen LogP contribution in [0.25, 0.3) is 11.1 Å². The summed E-state index contributed by atoms with van der Waals surface area (Å²) in [7, 11) is 0. The second-order valence-electron chi connectivity index (χ2n) is 7.76. The molecule has 0 aliphatic carbocycles. The summed E-state index contributed by atoms with van der Waals surface area (Å²) < 4.78 is 23.8. The van der Waals surface area contributed by atoms with E-state index in [9.17, 15) is 18.8 Å². The zero-order valence-electron chi connectivity index (χ0n) is 19.8. The van der Waals surface area contributed by atoms with Gasteiger partial charge < -0.3 is 20.1 Å². The first-order valence-electron chi connectivity index (χ1n) is 11.4. The number of hydrogen-bond acceptors (Lipinski definition) is 6. The number of amides is 2. The van der Waals surface area contributed by atoms with Gasteiger partial charge in [-0.05, 0) is 61.0 Å². The van der Waals surface area contributed by atoms with Crippen LogP contribution >= 0.6 is 11.3 Å². The summed E-state index contributed by atoms with van der Waals surface area (Å²) >= 11 is 1.23. The maximum Gasteiger partial charge on any atom is 0.341 e. The highest BCUT2D eigenvalue weighted by atomic mass is 32.1. The fraction of sp³-hybridized carbons (Fsp3) is 0.107. The number of rotatable bonds is 9. The largest absolute Gasteiger partial charge is 0.484 e. The Morgan fingerprint density at radius 2 is 1.59 bits per heavy atom. The molecular formula is C28H23FN2O5S. The highest BCUT2D eigenvalue weighted by molar-refractivity contribution is 7.15. The summed E-state index contributed by atoms with van der Waals surface area (Å²) in [5, 5.41) is 7.58. The molecule has 7 nitrogen and oxygen atoms in total. The van der Waals surface area contributed by atoms with Crippen molar-refractivity contribution in [2.45, 2.75) is 6.92 Å². The molecular weight excluding hydrogens is 495 g/mol. The Hall–Kier alpha value is -4.50. The van der Waals surface area contributed by atoms with E-state index < -0.39 is 17.7 Å². The lowest BCUT2D eigenvalue weighted by Crippen LogP contribution is -2.21. The average Bonchev–Trinajstić information content (AvgIpc) is 3.33. The van der Waals surface area contributed by atoms with E-state index in [0.717, 1.165) is 5.56 Å². The third-order valence-electron chi connectivity index (χ3n) is 5.20. The predicted molar refractivity (Wildman–Crippen MR) is 141 cm³/mol. The molecule has 9 heteroatoms. The SMILES string of the molecule is CCOC(=O)c1c(-c2ccccc2)csc1NC(=O)COc1ccc(C(=O)Nc2ccc(F)cc2)cc1. The first kappa shape index (κ1) is 25.6. The van der Waals surface area contributed by atoms with Gasteiger partial charge in [-0.25, -0.2) is 9.18 Å². The lowest BCUT2D eigenvalue weighted by Gasteiger charge is -2.10. The first-order chi connectivity index (χ1) is 17.9. The monoisotopic (exact) mass is 518 g/mol. The van der Waals surface area contributed by atoms with Crippen molar-refractivity contribution in [2.75, 3.05) is 23.8 Å². The van der Waals surface area contributed by atoms with Crippen molar-refractivity contribution in [1.29, 1.82) is 0 Å². The minimum absolute atomic E-state index is 0.206. The standard InChI is InChI=1S/C28H23FN2O5S/c1-2-35-28(34)25-23(18-6-4-3-5-7-18)17-37-27(25)31-24(32)16-36-22-14-8-19(9-15-22)26(33)30-21-12-10-20(29)11-13-21/h3-15,17H,2,16H2,1H3,(H,30,33)(H,31,32). The van der Waals surface area contributed by atoms with Gasteiger partial charge in [0.1, 0.15) is 22.1 Å². The second kappa shape index (κ2) is 12.0. The Labute approximate surface area is 216 Å². The first-order valence-corrected chi connectivity index (χ1v) is 12.3. The lowest BCUT2D eigenvalue weighted by atomic mass is 10.0. The zero-order valence-corrected chi connectivity index (χ0v) is 20.6. The Bertz CT molecular complexity index is 1390. The summed E-state index contributed by atoms with van der Waals surface area (Å²) in [6, 6.07) is 21.0. The summed E-state index contributed by atoms with van der Waals surface area (Å²) in [6.07, 6.45) is 0. The van der Waals surface area contributed by atoms with E-state index in [1.807, 2.05) is 30.3 Å². The normalized spacial score (nSPS) is 10.4. The molecule has 1 heterocycles. The van der Waals surface area contributed by atoms with Crippen LogP contribution in [0.4, 0.5) is 15.1 Å². The van der Waals surface area contributed by atoms with Gasteiger partial charge in [-0.1, -0.05) is 30.3 Å². The molecule has 0 spiro atoms. The molecule has 0 unspecified atom stereocenters. The molecule has 2 amide bonds. The summed E-state index contributed by atoms with van der Waals surface area (Å²) in [6.45, 7) is 1.62. The quantitative estimate of drug-likeness (QED) is 0.265. The molecule has 0 fully saturated rings. The number of hydrogen-bond donors (Lipinski definition) is 2. The fourth-order valence-corrected chi connectivity index (χ4v) is 4.41. The molecule has 0 aliphatic heterocycles. The van der Waals surface area contributed by atoms with E-state index in [2.05, 4.69) is 10.6 Å². The highest BCUT2D eigenvalue weighted by Gasteiger charge is 2.23. The van der Waals surface area contributed by atoms with Crippen LogP contribution in [-0.2, 0) is 9.53 Å². The van der Waals surface area contributed by atoms with Crippen molar-refractivity contribution in [3.8, 4) is 16.9 Å². The smallest absolute Gasteiger partial charge is 0.341 e. The van der Waals surface area contributed by atoms with E-state index in [1.54, 1.807) is 36.6 Å². The maximum absolute atomic E-state index is 13.0. The second-order valence-corrected chi connectivity index (χ2v) is 8.64. The third-order valence-corrected chi connectivity index (χ3v) is 6.09. The van der Waals surface area contributed by atoms with Crippen LogP contribution in [0, 0.1) is 5.82 Å². The van der Waals surface area contributed by atoms with Crippen molar-refractivity contribution in [2.24, 2.45) is 0 Å². The number of thiophene rings is 1. The summed E-state index contributed by atoms with van der Waals surface area (Å²) in [5.41, 5.74) is 2.64. The van der Waals surface area contributed by atoms with Crippen LogP contribution < -0.4 is 15.4 Å². The van der Waals surface area contributed by atoms with Crippen molar-refractivity contribution < 1.29 is 28.2 Å². The number of nitrogens with one attached hydrogen (secondary N) is 2. The lowest BCUT2D eigenvalue weighted by molar-refractivity contribution is -0.118. The zero-order chi connectivity index (χ0) is 26.2. The van der Waals surface area contributed by atoms with Gasteiger partial charge in [0, 0.05) is 22.2 Å². The van der Waals surface area contributed by atoms with Crippen LogP contribution in [-0.4, -0.2) is 31.0 Å². The van der Waals surface area contributed by atoms with E-state index in [4.69, 9.17) is 9.47 Å². The molecule has 3 aromatic carbocycles. The molecule has 4 aromatic rings. The highest BCUT2D eigenvalue weighted by Crippen LogP contribution is 2.36. The number of esters is 1. The molecule has 0 atom stereocenters. The van der Waals surface area contributed by atoms with Crippen LogP contribution in [0.3, 0.4) is 0 Å². The van der Waals surface area contributed by atoms with Crippen molar-refractivity contribution >= 4 is 39.8 Å². The molecule has 2 N–H and O–H groups in total. The molecule has 4 rings (SSSR count). The van der Waals surface area contributed by atoms with Gasteiger partial charge in [0.2, 0.25) is 0 Å². The molecule has 0 saturated carbocycles. The number of carbonyl (C=O) groups is 3. The molecule has 1 aromatic heterocycles. The van der Waals surface area contributed by atoms with Crippen LogP contribution in [0.2, 0.25) is 0 Å². The predicted octanol–water partition coefficient (Wildman–Crippen LogP) is 6.00. The van der Waals surface area contributed by atoms with Crippen LogP contribution in [0.15, 0.2) is 84.2 Å². The van der Waals surface area contributed by atoms with Crippen molar-refractivity contribution in [3.05, 3.63) is 101 Å². The van der Waals surface area contributed by atoms with E-state index >= 15 is 0 Å². The summed E-state index contributed by atoms with van der Waals surface area (Å²) in [4.78, 5) is 37.6. The maximum atomic E-state index is 13.0. The van der Waals surface area contributed by atoms with Gasteiger partial charge in [-0.3, -0.25) is 9.59 Å². The molecule has 0 aliphatic rings. The van der Waals surface area contributed by atoms with Gasteiger partial charge in [-0.15, -0.1) is 11.3 Å². The Morgan fingerprint density at radius 3 is 2.27 bits per heavy atom. The van der Waals surface area contributed by atoms with Crippen molar-refractivity contribution in [3.63, 3.8) is 0 Å². The Kier molecular flexibility index (Phi) is 8.27. The molecule has 0 bridgehead atoms. The van der Waals surface area contributed by atoms with Gasteiger partial charge in [-0.2, -0.15) is 0 Å². The molecule has 37 heavy (non-hydrogen) atoms. The molecule has 188 valence electrons. The fourth-order valence-electron chi connectivity index (χ4n) is 3.44. The van der Waals surface area contributed by atoms with Gasteiger partial charge in [0.25, 0.3) is 11.8 Å². The third kappa shape index (κ3) is 6.59. The Morgan fingerprint density at radius 1 is 0.892 bits per heavy atom. The van der Waals surface area contributed by atoms with Gasteiger partial charge >= 0.3 is 5.97 Å². The number of ether oxygens (including phenoxy) is 2. The van der Waals surface area contributed by atoms with Crippen molar-refractivity contribution in [1.82, 2.24) is 0 Å². The number of benzene rings is 3. The topological polar surface area (TPSA) is 93.7 Å². The van der Waals surface area contributed by atoms with Crippen LogP contribution in [0.5, 0.6) is 5.75 Å². The molecule has 0 saturated heterocycles. The summed E-state index contributed by atoms with van der Waals surface area (Å²) in [5.74, 6) is -1.35. The minimum Gasteiger partial charge on any atom is -0.484 e. The minimum atomic E-state index is -0.520. The number of carbonyl (C=O) groups excluding carboxylic acids is 3.